The maximum absolute atomic E-state index is 12.0. The van der Waals surface area contributed by atoms with Gasteiger partial charge in [0, 0.05) is 6.04 Å². The quantitative estimate of drug-likeness (QED) is 0.885. The van der Waals surface area contributed by atoms with Crippen molar-refractivity contribution in [3.63, 3.8) is 0 Å². The fraction of sp³-hybridized carbons (Fsp3) is 0.467. The number of rotatable bonds is 2. The lowest BCUT2D eigenvalue weighted by Crippen LogP contribution is -2.35. The molecule has 1 aromatic carbocycles. The van der Waals surface area contributed by atoms with Crippen molar-refractivity contribution in [2.45, 2.75) is 45.7 Å². The smallest absolute Gasteiger partial charge is 0.346 e. The molecule has 1 aliphatic carbocycles. The van der Waals surface area contributed by atoms with Gasteiger partial charge in [0.05, 0.1) is 0 Å². The first-order chi connectivity index (χ1) is 8.99. The summed E-state index contributed by atoms with van der Waals surface area (Å²) in [5.74, 6) is 0.434. The second-order valence-electron chi connectivity index (χ2n) is 5.65. The van der Waals surface area contributed by atoms with Crippen LogP contribution in [-0.4, -0.2) is 22.8 Å². The van der Waals surface area contributed by atoms with E-state index in [1.807, 2.05) is 4.90 Å². The lowest BCUT2D eigenvalue weighted by molar-refractivity contribution is 0.203. The van der Waals surface area contributed by atoms with Crippen molar-refractivity contribution < 1.29 is 4.79 Å². The average molecular weight is 257 g/mol. The minimum absolute atomic E-state index is 0.167. The number of nitrogens with zero attached hydrogens (tertiary/aromatic N) is 2. The number of aliphatic imine (C=N–C) groups is 1. The van der Waals surface area contributed by atoms with Gasteiger partial charge in [0.2, 0.25) is 0 Å². The Morgan fingerprint density at radius 3 is 2.42 bits per heavy atom. The molecule has 1 fully saturated rings. The van der Waals surface area contributed by atoms with Crippen molar-refractivity contribution in [1.29, 1.82) is 0 Å². The van der Waals surface area contributed by atoms with Crippen molar-refractivity contribution in [2.24, 2.45) is 10.7 Å². The van der Waals surface area contributed by atoms with Crippen LogP contribution in [0.5, 0.6) is 0 Å². The third kappa shape index (κ3) is 1.91. The molecule has 100 valence electrons. The highest BCUT2D eigenvalue weighted by Gasteiger charge is 2.44. The van der Waals surface area contributed by atoms with Gasteiger partial charge in [-0.3, -0.25) is 0 Å². The molecule has 0 bridgehead atoms. The first kappa shape index (κ1) is 12.2. The molecule has 0 aromatic heterocycles. The summed E-state index contributed by atoms with van der Waals surface area (Å²) >= 11 is 0. The number of nitrogens with two attached hydrogens (primary N) is 1. The molecule has 0 spiro atoms. The number of hydrogen-bond donors (Lipinski definition) is 1. The van der Waals surface area contributed by atoms with Crippen LogP contribution in [-0.2, 0) is 0 Å². The largest absolute Gasteiger partial charge is 0.385 e. The summed E-state index contributed by atoms with van der Waals surface area (Å²) in [7, 11) is 0. The summed E-state index contributed by atoms with van der Waals surface area (Å²) in [6.45, 7) is 6.26. The molecule has 2 N–H and O–H groups in total. The van der Waals surface area contributed by atoms with Crippen LogP contribution in [0.1, 0.15) is 41.1 Å². The molecular formula is C15H19N3O. The van der Waals surface area contributed by atoms with E-state index in [0.29, 0.717) is 11.9 Å². The highest BCUT2D eigenvalue weighted by Crippen LogP contribution is 2.39. The number of benzene rings is 1. The van der Waals surface area contributed by atoms with E-state index in [0.717, 1.165) is 18.4 Å². The molecule has 1 atom stereocenters. The van der Waals surface area contributed by atoms with Crippen LogP contribution >= 0.6 is 0 Å². The van der Waals surface area contributed by atoms with Crippen molar-refractivity contribution >= 4 is 11.9 Å². The predicted molar refractivity (Wildman–Crippen MR) is 75.3 cm³/mol. The summed E-state index contributed by atoms with van der Waals surface area (Å²) in [6.07, 6.45) is 2.13. The van der Waals surface area contributed by atoms with Crippen LogP contribution in [0.15, 0.2) is 17.1 Å². The Morgan fingerprint density at radius 1 is 1.16 bits per heavy atom. The Labute approximate surface area is 113 Å². The third-order valence-electron chi connectivity index (χ3n) is 4.12. The number of amides is 2. The monoisotopic (exact) mass is 257 g/mol. The minimum Gasteiger partial charge on any atom is -0.385 e. The fourth-order valence-corrected chi connectivity index (χ4v) is 2.79. The molecule has 1 unspecified atom stereocenters. The normalized spacial score (nSPS) is 22.9. The minimum atomic E-state index is -0.178. The maximum Gasteiger partial charge on any atom is 0.346 e. The Hall–Kier alpha value is -1.84. The van der Waals surface area contributed by atoms with E-state index in [2.05, 4.69) is 37.9 Å². The molecule has 1 heterocycles. The summed E-state index contributed by atoms with van der Waals surface area (Å²) in [5.41, 5.74) is 10.8. The number of aryl methyl sites for hydroxylation is 3. The molecule has 2 aliphatic rings. The highest BCUT2D eigenvalue weighted by molar-refractivity contribution is 6.03. The number of amidine groups is 1. The molecule has 0 saturated heterocycles. The van der Waals surface area contributed by atoms with E-state index >= 15 is 0 Å². The van der Waals surface area contributed by atoms with Crippen molar-refractivity contribution in [3.05, 3.63) is 34.4 Å². The van der Waals surface area contributed by atoms with Crippen LogP contribution in [0.3, 0.4) is 0 Å². The summed E-state index contributed by atoms with van der Waals surface area (Å²) in [5, 5.41) is 0. The standard InChI is InChI=1S/C15H19N3O/c1-8-6-10(3)12(7-9(8)2)13-14(16)17-15(19)18(13)11-4-5-11/h6-7,11,13H,4-5H2,1-3H3,(H2,16,17,19). The summed E-state index contributed by atoms with van der Waals surface area (Å²) in [4.78, 5) is 17.8. The molecule has 0 radical (unpaired) electrons. The predicted octanol–water partition coefficient (Wildman–Crippen LogP) is 2.61. The number of carbonyl (C=O) groups excluding carboxylic acids is 1. The highest BCUT2D eigenvalue weighted by atomic mass is 16.2. The lowest BCUT2D eigenvalue weighted by atomic mass is 9.94. The number of carbonyl (C=O) groups is 1. The van der Waals surface area contributed by atoms with E-state index in [-0.39, 0.29) is 12.1 Å². The lowest BCUT2D eigenvalue weighted by Gasteiger charge is -2.26. The van der Waals surface area contributed by atoms with Gasteiger partial charge in [-0.15, -0.1) is 0 Å². The first-order valence-corrected chi connectivity index (χ1v) is 6.73. The van der Waals surface area contributed by atoms with E-state index in [4.69, 9.17) is 5.73 Å². The Kier molecular flexibility index (Phi) is 2.62. The molecule has 1 aliphatic heterocycles. The van der Waals surface area contributed by atoms with Crippen molar-refractivity contribution in [2.75, 3.05) is 0 Å². The molecule has 1 saturated carbocycles. The van der Waals surface area contributed by atoms with Crippen molar-refractivity contribution in [3.8, 4) is 0 Å². The second-order valence-corrected chi connectivity index (χ2v) is 5.65. The number of urea groups is 1. The van der Waals surface area contributed by atoms with Gasteiger partial charge in [-0.2, -0.15) is 4.99 Å². The molecule has 19 heavy (non-hydrogen) atoms. The first-order valence-electron chi connectivity index (χ1n) is 6.73. The molecule has 4 heteroatoms. The molecule has 3 rings (SSSR count). The zero-order valence-corrected chi connectivity index (χ0v) is 11.6. The van der Waals surface area contributed by atoms with Crippen LogP contribution in [0.25, 0.3) is 0 Å². The molecule has 4 nitrogen and oxygen atoms in total. The SMILES string of the molecule is Cc1cc(C)c(C2C(N)=NC(=O)N2C2CC2)cc1C. The zero-order valence-electron chi connectivity index (χ0n) is 11.6. The van der Waals surface area contributed by atoms with E-state index < -0.39 is 0 Å². The molecule has 2 amide bonds. The average Bonchev–Trinajstić information content (AvgIpc) is 3.11. The van der Waals surface area contributed by atoms with Crippen LogP contribution in [0.2, 0.25) is 0 Å². The van der Waals surface area contributed by atoms with Gasteiger partial charge in [-0.05, 0) is 55.9 Å². The van der Waals surface area contributed by atoms with E-state index in [1.165, 1.54) is 16.7 Å². The fourth-order valence-electron chi connectivity index (χ4n) is 2.79. The van der Waals surface area contributed by atoms with Crippen LogP contribution in [0, 0.1) is 20.8 Å². The van der Waals surface area contributed by atoms with Gasteiger partial charge in [-0.1, -0.05) is 12.1 Å². The van der Waals surface area contributed by atoms with Crippen molar-refractivity contribution in [1.82, 2.24) is 4.90 Å². The maximum atomic E-state index is 12.0. The van der Waals surface area contributed by atoms with E-state index in [9.17, 15) is 4.79 Å². The Bertz CT molecular complexity index is 587. The Balaban J connectivity index is 2.07. The summed E-state index contributed by atoms with van der Waals surface area (Å²) in [6, 6.07) is 4.28. The van der Waals surface area contributed by atoms with Gasteiger partial charge in [0.25, 0.3) is 0 Å². The summed E-state index contributed by atoms with van der Waals surface area (Å²) < 4.78 is 0. The zero-order chi connectivity index (χ0) is 13.7. The molecular weight excluding hydrogens is 238 g/mol. The van der Waals surface area contributed by atoms with Crippen LogP contribution in [0.4, 0.5) is 4.79 Å². The van der Waals surface area contributed by atoms with Gasteiger partial charge in [0.1, 0.15) is 11.9 Å². The van der Waals surface area contributed by atoms with Gasteiger partial charge in [-0.25, -0.2) is 4.79 Å². The van der Waals surface area contributed by atoms with Gasteiger partial charge < -0.3 is 10.6 Å². The van der Waals surface area contributed by atoms with Crippen LogP contribution < -0.4 is 5.73 Å². The second kappa shape index (κ2) is 4.08. The third-order valence-corrected chi connectivity index (χ3v) is 4.12. The van der Waals surface area contributed by atoms with Gasteiger partial charge >= 0.3 is 6.03 Å². The number of hydrogen-bond acceptors (Lipinski definition) is 2. The topological polar surface area (TPSA) is 58.7 Å². The Morgan fingerprint density at radius 2 is 1.79 bits per heavy atom. The van der Waals surface area contributed by atoms with E-state index in [1.54, 1.807) is 0 Å². The van der Waals surface area contributed by atoms with Gasteiger partial charge in [0.15, 0.2) is 0 Å². The molecule has 1 aromatic rings.